The molecular weight excluding hydrogens is 536 g/mol. The number of ether oxygens (including phenoxy) is 4. The number of hydrogen-bond donors (Lipinski definition) is 0. The van der Waals surface area contributed by atoms with Gasteiger partial charge in [0, 0.05) is 23.1 Å². The first kappa shape index (κ1) is 27.9. The standard InChI is InChI=1S/C18H12N2O3.C15H12O4/c1-20-15(9-19)13-8-16(21)14-5-11-7-18(23-3)17(22-2)6-10(11)4-12(13)14;1-18-14-5-8-3-10-11(13(17)7-12(10)16)4-9(8)6-15(14)19-2/h4-7H,8H2,2-3H3;3-6H,7H2,1-2H3/b15-13-;. The Morgan fingerprint density at radius 1 is 0.619 bits per heavy atom. The number of carbonyl (C=O) groups excluding carboxylic acids is 3. The summed E-state index contributed by atoms with van der Waals surface area (Å²) in [5.41, 5.74) is 2.67. The van der Waals surface area contributed by atoms with Crippen molar-refractivity contribution in [2.45, 2.75) is 12.8 Å². The number of benzene rings is 4. The average Bonchev–Trinajstić information content (AvgIpc) is 3.47. The molecule has 0 saturated heterocycles. The molecule has 9 heteroatoms. The molecular formula is C33H24N2O7. The highest BCUT2D eigenvalue weighted by atomic mass is 16.5. The Bertz CT molecular complexity index is 1880. The van der Waals surface area contributed by atoms with Crippen molar-refractivity contribution in [3.05, 3.63) is 87.9 Å². The number of fused-ring (bicyclic) bond motifs is 4. The van der Waals surface area contributed by atoms with E-state index in [4.69, 9.17) is 30.8 Å². The molecule has 0 saturated carbocycles. The van der Waals surface area contributed by atoms with Crippen LogP contribution in [0.4, 0.5) is 0 Å². The van der Waals surface area contributed by atoms with Crippen molar-refractivity contribution in [1.82, 2.24) is 0 Å². The molecule has 0 spiro atoms. The number of nitrogens with zero attached hydrogens (tertiary/aromatic N) is 2. The number of hydrogen-bond acceptors (Lipinski definition) is 8. The maximum Gasteiger partial charge on any atom is 0.266 e. The summed E-state index contributed by atoms with van der Waals surface area (Å²) < 4.78 is 21.0. The van der Waals surface area contributed by atoms with Crippen molar-refractivity contribution in [2.75, 3.05) is 28.4 Å². The van der Waals surface area contributed by atoms with Crippen LogP contribution in [-0.2, 0) is 0 Å². The summed E-state index contributed by atoms with van der Waals surface area (Å²) in [7, 11) is 6.23. The van der Waals surface area contributed by atoms with Gasteiger partial charge in [-0.05, 0) is 81.2 Å². The number of Topliss-reactive ketones (excluding diaryl/α,β-unsaturated/α-hetero) is 3. The second-order valence-corrected chi connectivity index (χ2v) is 9.58. The van der Waals surface area contributed by atoms with Crippen molar-refractivity contribution in [2.24, 2.45) is 0 Å². The quantitative estimate of drug-likeness (QED) is 0.164. The lowest BCUT2D eigenvalue weighted by molar-refractivity contribution is 0.0921. The van der Waals surface area contributed by atoms with Crippen molar-refractivity contribution in [1.29, 1.82) is 5.26 Å². The average molecular weight is 561 g/mol. The second-order valence-electron chi connectivity index (χ2n) is 9.58. The summed E-state index contributed by atoms with van der Waals surface area (Å²) in [6.45, 7) is 7.11. The van der Waals surface area contributed by atoms with Crippen molar-refractivity contribution >= 4 is 44.5 Å². The van der Waals surface area contributed by atoms with Gasteiger partial charge in [-0.2, -0.15) is 0 Å². The molecule has 0 bridgehead atoms. The zero-order valence-corrected chi connectivity index (χ0v) is 23.3. The van der Waals surface area contributed by atoms with Gasteiger partial charge in [-0.3, -0.25) is 14.4 Å². The maximum absolute atomic E-state index is 12.2. The van der Waals surface area contributed by atoms with Crippen LogP contribution < -0.4 is 18.9 Å². The van der Waals surface area contributed by atoms with Crippen LogP contribution in [0.1, 0.15) is 49.5 Å². The third kappa shape index (κ3) is 4.67. The minimum Gasteiger partial charge on any atom is -0.493 e. The molecule has 0 aliphatic heterocycles. The van der Waals surface area contributed by atoms with Crippen LogP contribution in [0.3, 0.4) is 0 Å². The van der Waals surface area contributed by atoms with Crippen molar-refractivity contribution in [3.63, 3.8) is 0 Å². The Balaban J connectivity index is 0.000000171. The number of ketones is 3. The van der Waals surface area contributed by atoms with Gasteiger partial charge >= 0.3 is 0 Å². The van der Waals surface area contributed by atoms with Crippen molar-refractivity contribution in [3.8, 4) is 29.1 Å². The Kier molecular flexibility index (Phi) is 7.35. The van der Waals surface area contributed by atoms with Crippen LogP contribution in [0, 0.1) is 17.9 Å². The molecule has 0 heterocycles. The van der Waals surface area contributed by atoms with E-state index in [0.717, 1.165) is 21.5 Å². The number of rotatable bonds is 4. The largest absolute Gasteiger partial charge is 0.493 e. The van der Waals surface area contributed by atoms with E-state index >= 15 is 0 Å². The van der Waals surface area contributed by atoms with Crippen LogP contribution in [-0.4, -0.2) is 45.8 Å². The highest BCUT2D eigenvalue weighted by Crippen LogP contribution is 2.40. The van der Waals surface area contributed by atoms with Crippen LogP contribution in [0.2, 0.25) is 0 Å². The van der Waals surface area contributed by atoms with Gasteiger partial charge in [0.05, 0.1) is 47.5 Å². The summed E-state index contributed by atoms with van der Waals surface area (Å²) in [5, 5.41) is 12.5. The molecule has 0 N–H and O–H groups in total. The van der Waals surface area contributed by atoms with Crippen LogP contribution in [0.5, 0.6) is 23.0 Å². The first-order valence-electron chi connectivity index (χ1n) is 12.8. The minimum atomic E-state index is -0.114. The van der Waals surface area contributed by atoms with Gasteiger partial charge in [0.2, 0.25) is 0 Å². The lowest BCUT2D eigenvalue weighted by atomic mass is 9.99. The monoisotopic (exact) mass is 560 g/mol. The van der Waals surface area contributed by atoms with Gasteiger partial charge in [0.1, 0.15) is 0 Å². The van der Waals surface area contributed by atoms with E-state index in [9.17, 15) is 14.4 Å². The van der Waals surface area contributed by atoms with E-state index in [2.05, 4.69) is 4.85 Å². The molecule has 4 aromatic carbocycles. The summed E-state index contributed by atoms with van der Waals surface area (Å²) in [4.78, 5) is 38.9. The molecule has 0 amide bonds. The van der Waals surface area contributed by atoms with Gasteiger partial charge in [-0.15, -0.1) is 0 Å². The fourth-order valence-corrected chi connectivity index (χ4v) is 5.25. The fourth-order valence-electron chi connectivity index (χ4n) is 5.25. The molecule has 0 atom stereocenters. The van der Waals surface area contributed by atoms with Gasteiger partial charge in [0.15, 0.2) is 40.3 Å². The zero-order valence-electron chi connectivity index (χ0n) is 23.3. The molecule has 42 heavy (non-hydrogen) atoms. The topological polar surface area (TPSA) is 116 Å². The molecule has 208 valence electrons. The molecule has 0 radical (unpaired) electrons. The first-order chi connectivity index (χ1) is 20.3. The summed E-state index contributed by atoms with van der Waals surface area (Å²) in [5.74, 6) is 2.07. The highest BCUT2D eigenvalue weighted by Gasteiger charge is 2.29. The highest BCUT2D eigenvalue weighted by molar-refractivity contribution is 6.25. The molecule has 9 nitrogen and oxygen atoms in total. The third-order valence-corrected chi connectivity index (χ3v) is 7.35. The molecule has 0 aromatic heterocycles. The molecule has 2 aliphatic carbocycles. The second kappa shape index (κ2) is 11.1. The Hall–Kier alpha value is -5.67. The molecule has 6 rings (SSSR count). The molecule has 2 aliphatic rings. The fraction of sp³-hybridized carbons (Fsp3) is 0.182. The summed E-state index contributed by atoms with van der Waals surface area (Å²) >= 11 is 0. The third-order valence-electron chi connectivity index (χ3n) is 7.35. The zero-order chi connectivity index (χ0) is 30.1. The predicted molar refractivity (Wildman–Crippen MR) is 155 cm³/mol. The van der Waals surface area contributed by atoms with Crippen molar-refractivity contribution < 1.29 is 33.3 Å². The van der Waals surface area contributed by atoms with E-state index in [-0.39, 0.29) is 35.9 Å². The van der Waals surface area contributed by atoms with Crippen LogP contribution in [0.15, 0.2) is 54.2 Å². The number of methoxy groups -OCH3 is 4. The Morgan fingerprint density at radius 3 is 1.29 bits per heavy atom. The predicted octanol–water partition coefficient (Wildman–Crippen LogP) is 6.22. The van der Waals surface area contributed by atoms with E-state index in [0.29, 0.717) is 50.8 Å². The van der Waals surface area contributed by atoms with Gasteiger partial charge < -0.3 is 18.9 Å². The van der Waals surface area contributed by atoms with Gasteiger partial charge in [-0.1, -0.05) is 0 Å². The summed E-state index contributed by atoms with van der Waals surface area (Å²) in [6, 6.07) is 16.2. The van der Waals surface area contributed by atoms with E-state index in [1.54, 1.807) is 46.6 Å². The Labute approximate surface area is 241 Å². The molecule has 0 unspecified atom stereocenters. The van der Waals surface area contributed by atoms with Gasteiger partial charge in [0.25, 0.3) is 5.70 Å². The summed E-state index contributed by atoms with van der Waals surface area (Å²) in [6.07, 6.45) is 0.0606. The molecule has 0 fully saturated rings. The number of nitriles is 1. The minimum absolute atomic E-state index is 0.0279. The number of allylic oxidation sites excluding steroid dienone is 2. The number of carbonyl (C=O) groups is 3. The van der Waals surface area contributed by atoms with Crippen LogP contribution in [0.25, 0.3) is 32.0 Å². The van der Waals surface area contributed by atoms with Gasteiger partial charge in [-0.25, -0.2) is 10.1 Å². The Morgan fingerprint density at radius 2 is 0.952 bits per heavy atom. The lowest BCUT2D eigenvalue weighted by Gasteiger charge is -2.10. The van der Waals surface area contributed by atoms with E-state index in [1.807, 2.05) is 36.4 Å². The maximum atomic E-state index is 12.2. The SMILES string of the molecule is COc1cc2cc3c(cc2cc1OC)C(=O)CC3=O.[C-]#[N+]/C(C#N)=C1/CC(=O)c2cc3cc(OC)c(OC)cc3cc21. The molecule has 4 aromatic rings. The van der Waals surface area contributed by atoms with E-state index < -0.39 is 0 Å². The normalized spacial score (nSPS) is 14.4. The smallest absolute Gasteiger partial charge is 0.266 e. The van der Waals surface area contributed by atoms with E-state index in [1.165, 1.54) is 0 Å². The van der Waals surface area contributed by atoms with Crippen LogP contribution >= 0.6 is 0 Å². The lowest BCUT2D eigenvalue weighted by Crippen LogP contribution is -1.94. The first-order valence-corrected chi connectivity index (χ1v) is 12.8.